The van der Waals surface area contributed by atoms with E-state index in [-0.39, 0.29) is 18.4 Å². The van der Waals surface area contributed by atoms with Crippen molar-refractivity contribution in [3.63, 3.8) is 0 Å². The van der Waals surface area contributed by atoms with E-state index in [0.717, 1.165) is 27.9 Å². The van der Waals surface area contributed by atoms with Gasteiger partial charge in [-0.25, -0.2) is 4.98 Å². The van der Waals surface area contributed by atoms with Gasteiger partial charge >= 0.3 is 0 Å². The van der Waals surface area contributed by atoms with E-state index in [1.165, 1.54) is 0 Å². The number of hydrogen-bond acceptors (Lipinski definition) is 5. The van der Waals surface area contributed by atoms with Crippen molar-refractivity contribution in [1.29, 1.82) is 0 Å². The molecule has 7 nitrogen and oxygen atoms in total. The number of benzene rings is 2. The molecular weight excluding hydrogens is 378 g/mol. The summed E-state index contributed by atoms with van der Waals surface area (Å²) in [5.74, 6) is 1.97. The van der Waals surface area contributed by atoms with E-state index in [4.69, 9.17) is 4.74 Å². The molecule has 0 aliphatic heterocycles. The standard InChI is InChI=1S/C23H23N5O2/c1-14(2)20-12-18(17-6-4-5-7-19(17)25-20)23(29)24-13-21-26-22(28-27-21)15-8-10-16(30-3)11-9-15/h4-12,14H,13H2,1-3H3,(H,24,29)(H,26,27,28). The lowest BCUT2D eigenvalue weighted by molar-refractivity contribution is 0.0951. The maximum atomic E-state index is 12.9. The predicted molar refractivity (Wildman–Crippen MR) is 115 cm³/mol. The van der Waals surface area contributed by atoms with Gasteiger partial charge in [0.25, 0.3) is 5.91 Å². The number of nitrogens with zero attached hydrogens (tertiary/aromatic N) is 3. The van der Waals surface area contributed by atoms with Gasteiger partial charge in [0.1, 0.15) is 11.6 Å². The molecule has 0 saturated carbocycles. The summed E-state index contributed by atoms with van der Waals surface area (Å²) in [6, 6.07) is 17.0. The number of carbonyl (C=O) groups is 1. The molecule has 0 fully saturated rings. The Hall–Kier alpha value is -3.74. The van der Waals surface area contributed by atoms with Gasteiger partial charge in [-0.05, 0) is 42.3 Å². The Balaban J connectivity index is 1.52. The number of rotatable bonds is 6. The van der Waals surface area contributed by atoms with E-state index < -0.39 is 0 Å². The minimum Gasteiger partial charge on any atom is -0.497 e. The maximum Gasteiger partial charge on any atom is 0.252 e. The minimum absolute atomic E-state index is 0.169. The maximum absolute atomic E-state index is 12.9. The molecule has 7 heteroatoms. The Morgan fingerprint density at radius 2 is 1.87 bits per heavy atom. The number of amides is 1. The highest BCUT2D eigenvalue weighted by atomic mass is 16.5. The van der Waals surface area contributed by atoms with E-state index in [0.29, 0.717) is 17.2 Å². The summed E-state index contributed by atoms with van der Waals surface area (Å²) < 4.78 is 5.17. The molecule has 1 amide bonds. The third-order valence-electron chi connectivity index (χ3n) is 4.87. The van der Waals surface area contributed by atoms with Crippen LogP contribution in [0.25, 0.3) is 22.3 Å². The number of para-hydroxylation sites is 1. The van der Waals surface area contributed by atoms with Crippen LogP contribution in [-0.2, 0) is 6.54 Å². The van der Waals surface area contributed by atoms with Crippen LogP contribution in [0.4, 0.5) is 0 Å². The van der Waals surface area contributed by atoms with Crippen LogP contribution in [0.2, 0.25) is 0 Å². The molecule has 0 spiro atoms. The number of methoxy groups -OCH3 is 1. The van der Waals surface area contributed by atoms with Gasteiger partial charge in [-0.3, -0.25) is 14.9 Å². The smallest absolute Gasteiger partial charge is 0.252 e. The van der Waals surface area contributed by atoms with Crippen molar-refractivity contribution in [3.05, 3.63) is 71.7 Å². The minimum atomic E-state index is -0.169. The lowest BCUT2D eigenvalue weighted by Crippen LogP contribution is -2.24. The summed E-state index contributed by atoms with van der Waals surface area (Å²) in [6.07, 6.45) is 0. The first-order valence-corrected chi connectivity index (χ1v) is 9.78. The van der Waals surface area contributed by atoms with E-state index >= 15 is 0 Å². The predicted octanol–water partition coefficient (Wildman–Crippen LogP) is 4.08. The van der Waals surface area contributed by atoms with Crippen LogP contribution in [0.3, 0.4) is 0 Å². The monoisotopic (exact) mass is 401 g/mol. The molecule has 2 heterocycles. The Kier molecular flexibility index (Phi) is 5.43. The number of aromatic amines is 1. The average Bonchev–Trinajstić information content (AvgIpc) is 3.25. The van der Waals surface area contributed by atoms with E-state index in [9.17, 15) is 4.79 Å². The quantitative estimate of drug-likeness (QED) is 0.508. The van der Waals surface area contributed by atoms with Crippen LogP contribution in [0, 0.1) is 0 Å². The highest BCUT2D eigenvalue weighted by Gasteiger charge is 2.15. The van der Waals surface area contributed by atoms with E-state index in [2.05, 4.69) is 39.3 Å². The molecule has 30 heavy (non-hydrogen) atoms. The largest absolute Gasteiger partial charge is 0.497 e. The topological polar surface area (TPSA) is 92.8 Å². The molecule has 0 saturated heterocycles. The fraction of sp³-hybridized carbons (Fsp3) is 0.217. The Labute approximate surface area is 174 Å². The van der Waals surface area contributed by atoms with Crippen LogP contribution in [0.1, 0.15) is 41.6 Å². The van der Waals surface area contributed by atoms with Gasteiger partial charge in [-0.2, -0.15) is 5.10 Å². The van der Waals surface area contributed by atoms with Gasteiger partial charge in [0.15, 0.2) is 5.82 Å². The third kappa shape index (κ3) is 4.00. The molecule has 0 bridgehead atoms. The normalized spacial score (nSPS) is 11.1. The zero-order valence-corrected chi connectivity index (χ0v) is 17.1. The fourth-order valence-corrected chi connectivity index (χ4v) is 3.18. The second-order valence-corrected chi connectivity index (χ2v) is 7.28. The van der Waals surface area contributed by atoms with Crippen LogP contribution in [0.15, 0.2) is 54.6 Å². The number of ether oxygens (including phenoxy) is 1. The second-order valence-electron chi connectivity index (χ2n) is 7.28. The molecule has 4 rings (SSSR count). The number of fused-ring (bicyclic) bond motifs is 1. The lowest BCUT2D eigenvalue weighted by Gasteiger charge is -2.11. The van der Waals surface area contributed by atoms with Crippen molar-refractivity contribution in [2.24, 2.45) is 0 Å². The highest BCUT2D eigenvalue weighted by molar-refractivity contribution is 6.06. The molecule has 2 aromatic heterocycles. The number of hydrogen-bond donors (Lipinski definition) is 2. The fourth-order valence-electron chi connectivity index (χ4n) is 3.18. The molecule has 0 aliphatic carbocycles. The van der Waals surface area contributed by atoms with Crippen molar-refractivity contribution in [2.75, 3.05) is 7.11 Å². The lowest BCUT2D eigenvalue weighted by atomic mass is 10.0. The Morgan fingerprint density at radius 1 is 1.10 bits per heavy atom. The van der Waals surface area contributed by atoms with Crippen LogP contribution < -0.4 is 10.1 Å². The third-order valence-corrected chi connectivity index (χ3v) is 4.87. The van der Waals surface area contributed by atoms with Crippen molar-refractivity contribution in [3.8, 4) is 17.1 Å². The van der Waals surface area contributed by atoms with Gasteiger partial charge in [0, 0.05) is 16.6 Å². The van der Waals surface area contributed by atoms with Crippen molar-refractivity contribution < 1.29 is 9.53 Å². The number of aromatic nitrogens is 4. The first-order valence-electron chi connectivity index (χ1n) is 9.78. The second kappa shape index (κ2) is 8.32. The van der Waals surface area contributed by atoms with Gasteiger partial charge in [-0.1, -0.05) is 32.0 Å². The van der Waals surface area contributed by atoms with E-state index in [1.807, 2.05) is 54.6 Å². The molecule has 0 unspecified atom stereocenters. The Morgan fingerprint density at radius 3 is 2.60 bits per heavy atom. The summed E-state index contributed by atoms with van der Waals surface area (Å²) in [4.78, 5) is 22.1. The summed E-state index contributed by atoms with van der Waals surface area (Å²) in [7, 11) is 1.62. The van der Waals surface area contributed by atoms with Crippen molar-refractivity contribution >= 4 is 16.8 Å². The van der Waals surface area contributed by atoms with E-state index in [1.54, 1.807) is 7.11 Å². The molecule has 0 aliphatic rings. The van der Waals surface area contributed by atoms with Crippen LogP contribution in [-0.4, -0.2) is 33.2 Å². The Bertz CT molecular complexity index is 1180. The zero-order chi connectivity index (χ0) is 21.1. The van der Waals surface area contributed by atoms with Gasteiger partial charge in [0.05, 0.1) is 24.7 Å². The average molecular weight is 401 g/mol. The SMILES string of the molecule is COc1ccc(-c2n[nH]c(CNC(=O)c3cc(C(C)C)nc4ccccc34)n2)cc1. The molecule has 0 radical (unpaired) electrons. The summed E-state index contributed by atoms with van der Waals surface area (Å²) in [5.41, 5.74) is 3.18. The number of H-pyrrole nitrogens is 1. The molecule has 2 N–H and O–H groups in total. The van der Waals surface area contributed by atoms with Crippen LogP contribution >= 0.6 is 0 Å². The molecule has 4 aromatic rings. The highest BCUT2D eigenvalue weighted by Crippen LogP contribution is 2.23. The van der Waals surface area contributed by atoms with Gasteiger partial charge < -0.3 is 10.1 Å². The zero-order valence-electron chi connectivity index (χ0n) is 17.1. The van der Waals surface area contributed by atoms with Gasteiger partial charge in [-0.15, -0.1) is 0 Å². The van der Waals surface area contributed by atoms with Crippen LogP contribution in [0.5, 0.6) is 5.75 Å². The van der Waals surface area contributed by atoms with Gasteiger partial charge in [0.2, 0.25) is 0 Å². The summed E-state index contributed by atoms with van der Waals surface area (Å²) in [6.45, 7) is 4.37. The first kappa shape index (κ1) is 19.6. The van der Waals surface area contributed by atoms with Crippen molar-refractivity contribution in [2.45, 2.75) is 26.3 Å². The summed E-state index contributed by atoms with van der Waals surface area (Å²) >= 11 is 0. The molecule has 2 aromatic carbocycles. The number of pyridine rings is 1. The molecule has 0 atom stereocenters. The number of carbonyl (C=O) groups excluding carboxylic acids is 1. The molecular formula is C23H23N5O2. The number of nitrogens with one attached hydrogen (secondary N) is 2. The van der Waals surface area contributed by atoms with Crippen molar-refractivity contribution in [1.82, 2.24) is 25.5 Å². The first-order chi connectivity index (χ1) is 14.5. The summed E-state index contributed by atoms with van der Waals surface area (Å²) in [5, 5.41) is 10.9. The molecule has 152 valence electrons.